The molecule has 152 valence electrons. The first-order chi connectivity index (χ1) is 13.4. The van der Waals surface area contributed by atoms with E-state index in [4.69, 9.17) is 11.5 Å². The van der Waals surface area contributed by atoms with Crippen molar-refractivity contribution in [1.82, 2.24) is 9.78 Å². The third-order valence-corrected chi connectivity index (χ3v) is 5.91. The Balaban J connectivity index is 1.84. The molecule has 1 aromatic carbocycles. The van der Waals surface area contributed by atoms with Gasteiger partial charge in [-0.05, 0) is 42.7 Å². The van der Waals surface area contributed by atoms with Gasteiger partial charge in [0.1, 0.15) is 5.82 Å². The Morgan fingerprint density at radius 3 is 2.79 bits per heavy atom. The summed E-state index contributed by atoms with van der Waals surface area (Å²) in [6.07, 6.45) is 3.27. The van der Waals surface area contributed by atoms with E-state index in [1.54, 1.807) is 4.68 Å². The molecule has 1 saturated carbocycles. The van der Waals surface area contributed by atoms with Crippen molar-refractivity contribution in [3.8, 4) is 11.3 Å². The fourth-order valence-electron chi connectivity index (χ4n) is 4.37. The maximum Gasteiger partial charge on any atom is 0.228 e. The molecule has 0 radical (unpaired) electrons. The summed E-state index contributed by atoms with van der Waals surface area (Å²) in [7, 11) is 0. The first-order valence-corrected chi connectivity index (χ1v) is 10.3. The van der Waals surface area contributed by atoms with Crippen molar-refractivity contribution in [3.63, 3.8) is 0 Å². The van der Waals surface area contributed by atoms with Crippen molar-refractivity contribution in [3.05, 3.63) is 30.3 Å². The lowest BCUT2D eigenvalue weighted by atomic mass is 9.70. The smallest absolute Gasteiger partial charge is 0.228 e. The van der Waals surface area contributed by atoms with Gasteiger partial charge in [0, 0.05) is 29.8 Å². The van der Waals surface area contributed by atoms with Gasteiger partial charge >= 0.3 is 0 Å². The highest BCUT2D eigenvalue weighted by molar-refractivity contribution is 5.92. The zero-order chi connectivity index (χ0) is 20.3. The molecule has 6 nitrogen and oxygen atoms in total. The molecule has 2 aromatic rings. The van der Waals surface area contributed by atoms with Crippen molar-refractivity contribution in [2.75, 3.05) is 17.6 Å². The number of anilines is 2. The summed E-state index contributed by atoms with van der Waals surface area (Å²) in [6.45, 7) is 7.69. The van der Waals surface area contributed by atoms with Gasteiger partial charge in [-0.15, -0.1) is 0 Å². The maximum atomic E-state index is 13.2. The van der Waals surface area contributed by atoms with Crippen LogP contribution in [0, 0.1) is 23.7 Å². The number of nitrogens with one attached hydrogen (secondary N) is 1. The number of aromatic nitrogens is 2. The Hall–Kier alpha value is -2.34. The molecule has 0 saturated heterocycles. The van der Waals surface area contributed by atoms with Crippen molar-refractivity contribution >= 4 is 17.4 Å². The van der Waals surface area contributed by atoms with Gasteiger partial charge in [-0.3, -0.25) is 4.79 Å². The Morgan fingerprint density at radius 2 is 2.11 bits per heavy atom. The number of nitrogens with two attached hydrogens (primary N) is 2. The molecular formula is C22H33N5O. The lowest BCUT2D eigenvalue weighted by Gasteiger charge is -2.36. The molecule has 3 atom stereocenters. The minimum atomic E-state index is 0.0424. The number of nitrogens with zero attached hydrogens (tertiary/aromatic N) is 2. The summed E-state index contributed by atoms with van der Waals surface area (Å²) in [4.78, 5) is 13.2. The average Bonchev–Trinajstić information content (AvgIpc) is 3.04. The average molecular weight is 384 g/mol. The second-order valence-electron chi connectivity index (χ2n) is 8.47. The van der Waals surface area contributed by atoms with Gasteiger partial charge in [0.25, 0.3) is 0 Å². The summed E-state index contributed by atoms with van der Waals surface area (Å²) in [6, 6.07) is 9.52. The number of benzene rings is 1. The van der Waals surface area contributed by atoms with E-state index in [0.717, 1.165) is 24.1 Å². The van der Waals surface area contributed by atoms with Crippen LogP contribution < -0.4 is 16.8 Å². The number of nitrogen functional groups attached to an aromatic ring is 1. The van der Waals surface area contributed by atoms with E-state index in [-0.39, 0.29) is 11.8 Å². The van der Waals surface area contributed by atoms with Crippen LogP contribution in [0.2, 0.25) is 0 Å². The quantitative estimate of drug-likeness (QED) is 0.662. The first-order valence-electron chi connectivity index (χ1n) is 10.3. The Labute approximate surface area is 167 Å². The highest BCUT2D eigenvalue weighted by Crippen LogP contribution is 2.38. The van der Waals surface area contributed by atoms with E-state index < -0.39 is 0 Å². The second-order valence-corrected chi connectivity index (χ2v) is 8.47. The van der Waals surface area contributed by atoms with Gasteiger partial charge in [0.15, 0.2) is 0 Å². The number of amides is 1. The molecule has 6 heteroatoms. The third kappa shape index (κ3) is 4.55. The predicted molar refractivity (Wildman–Crippen MR) is 115 cm³/mol. The van der Waals surface area contributed by atoms with Gasteiger partial charge in [-0.2, -0.15) is 5.10 Å². The van der Waals surface area contributed by atoms with Gasteiger partial charge in [0.2, 0.25) is 5.91 Å². The summed E-state index contributed by atoms with van der Waals surface area (Å²) >= 11 is 0. The minimum Gasteiger partial charge on any atom is -0.399 e. The lowest BCUT2D eigenvalue weighted by molar-refractivity contribution is -0.124. The highest BCUT2D eigenvalue weighted by atomic mass is 16.2. The molecule has 3 unspecified atom stereocenters. The zero-order valence-electron chi connectivity index (χ0n) is 17.2. The standard InChI is InChI=1S/C22H33N5O/c1-14(2)18-8-7-15(3)11-19(18)22(28)25-21-13-20(26-27(21)10-9-23)16-5-4-6-17(24)12-16/h4-6,12-15,18-19H,7-11,23-24H2,1-3H3,(H,25,28). The maximum absolute atomic E-state index is 13.2. The summed E-state index contributed by atoms with van der Waals surface area (Å²) in [5, 5.41) is 7.79. The molecule has 5 N–H and O–H groups in total. The summed E-state index contributed by atoms with van der Waals surface area (Å²) in [5.41, 5.74) is 14.1. The predicted octanol–water partition coefficient (Wildman–Crippen LogP) is 3.74. The van der Waals surface area contributed by atoms with Gasteiger partial charge in [-0.1, -0.05) is 39.3 Å². The first kappa shape index (κ1) is 20.4. The second kappa shape index (κ2) is 8.78. The molecular weight excluding hydrogens is 350 g/mol. The molecule has 28 heavy (non-hydrogen) atoms. The van der Waals surface area contributed by atoms with E-state index >= 15 is 0 Å². The van der Waals surface area contributed by atoms with Crippen LogP contribution >= 0.6 is 0 Å². The molecule has 1 aromatic heterocycles. The van der Waals surface area contributed by atoms with E-state index in [0.29, 0.717) is 42.3 Å². The fraction of sp³-hybridized carbons (Fsp3) is 0.545. The molecule has 0 spiro atoms. The Kier molecular flexibility index (Phi) is 6.39. The van der Waals surface area contributed by atoms with Crippen molar-refractivity contribution in [2.24, 2.45) is 29.4 Å². The van der Waals surface area contributed by atoms with Gasteiger partial charge < -0.3 is 16.8 Å². The summed E-state index contributed by atoms with van der Waals surface area (Å²) in [5.74, 6) is 2.36. The van der Waals surface area contributed by atoms with Crippen LogP contribution in [-0.4, -0.2) is 22.2 Å². The number of carbonyl (C=O) groups excluding carboxylic acids is 1. The zero-order valence-corrected chi connectivity index (χ0v) is 17.2. The van der Waals surface area contributed by atoms with Crippen LogP contribution in [0.3, 0.4) is 0 Å². The number of carbonyl (C=O) groups is 1. The van der Waals surface area contributed by atoms with E-state index in [1.807, 2.05) is 30.3 Å². The minimum absolute atomic E-state index is 0.0424. The van der Waals surface area contributed by atoms with Gasteiger partial charge in [0.05, 0.1) is 12.2 Å². The fourth-order valence-corrected chi connectivity index (χ4v) is 4.37. The molecule has 1 fully saturated rings. The lowest BCUT2D eigenvalue weighted by Crippen LogP contribution is -2.37. The monoisotopic (exact) mass is 383 g/mol. The summed E-state index contributed by atoms with van der Waals surface area (Å²) < 4.78 is 1.78. The molecule has 1 heterocycles. The third-order valence-electron chi connectivity index (χ3n) is 5.91. The van der Waals surface area contributed by atoms with Crippen LogP contribution in [0.15, 0.2) is 30.3 Å². The number of hydrogen-bond donors (Lipinski definition) is 3. The highest BCUT2D eigenvalue weighted by Gasteiger charge is 2.35. The Morgan fingerprint density at radius 1 is 1.32 bits per heavy atom. The van der Waals surface area contributed by atoms with Crippen molar-refractivity contribution in [1.29, 1.82) is 0 Å². The Bertz CT molecular complexity index is 813. The van der Waals surface area contributed by atoms with Crippen LogP contribution in [0.1, 0.15) is 40.0 Å². The number of hydrogen-bond acceptors (Lipinski definition) is 4. The molecule has 1 aliphatic carbocycles. The van der Waals surface area contributed by atoms with E-state index in [1.165, 1.54) is 6.42 Å². The molecule has 0 aliphatic heterocycles. The topological polar surface area (TPSA) is 99.0 Å². The van der Waals surface area contributed by atoms with Gasteiger partial charge in [-0.25, -0.2) is 4.68 Å². The van der Waals surface area contributed by atoms with Crippen LogP contribution in [-0.2, 0) is 11.3 Å². The largest absolute Gasteiger partial charge is 0.399 e. The van der Waals surface area contributed by atoms with Crippen LogP contribution in [0.25, 0.3) is 11.3 Å². The molecule has 1 amide bonds. The van der Waals surface area contributed by atoms with E-state index in [9.17, 15) is 4.79 Å². The normalized spacial score (nSPS) is 22.4. The van der Waals surface area contributed by atoms with Crippen molar-refractivity contribution in [2.45, 2.75) is 46.6 Å². The SMILES string of the molecule is CC1CCC(C(C)C)C(C(=O)Nc2cc(-c3cccc(N)c3)nn2CCN)C1. The van der Waals surface area contributed by atoms with E-state index in [2.05, 4.69) is 31.2 Å². The molecule has 0 bridgehead atoms. The van der Waals surface area contributed by atoms with Crippen LogP contribution in [0.5, 0.6) is 0 Å². The van der Waals surface area contributed by atoms with Crippen LogP contribution in [0.4, 0.5) is 11.5 Å². The van der Waals surface area contributed by atoms with Crippen molar-refractivity contribution < 1.29 is 4.79 Å². The molecule has 3 rings (SSSR count). The molecule has 1 aliphatic rings. The number of rotatable bonds is 6.